The molecule has 0 unspecified atom stereocenters. The van der Waals surface area contributed by atoms with Gasteiger partial charge in [-0.3, -0.25) is 4.79 Å². The number of carbonyl (C=O) groups excluding carboxylic acids is 1. The zero-order chi connectivity index (χ0) is 20.2. The van der Waals surface area contributed by atoms with E-state index in [4.69, 9.17) is 9.47 Å². The highest BCUT2D eigenvalue weighted by atomic mass is 32.1. The molecule has 1 amide bonds. The molecule has 1 aromatic heterocycles. The van der Waals surface area contributed by atoms with E-state index in [9.17, 15) is 4.79 Å². The summed E-state index contributed by atoms with van der Waals surface area (Å²) in [6, 6.07) is 15.6. The maximum Gasteiger partial charge on any atom is 0.270 e. The number of aromatic nitrogens is 1. The van der Waals surface area contributed by atoms with Gasteiger partial charge in [-0.15, -0.1) is 11.3 Å². The van der Waals surface area contributed by atoms with E-state index < -0.39 is 0 Å². The Kier molecular flexibility index (Phi) is 5.62. The number of hydrogen-bond acceptors (Lipinski definition) is 5. The topological polar surface area (TPSA) is 51.7 Å². The second-order valence-electron chi connectivity index (χ2n) is 6.70. The van der Waals surface area contributed by atoms with E-state index in [2.05, 4.69) is 4.98 Å². The van der Waals surface area contributed by atoms with Crippen LogP contribution in [0.4, 0.5) is 5.69 Å². The van der Waals surface area contributed by atoms with E-state index in [-0.39, 0.29) is 5.91 Å². The van der Waals surface area contributed by atoms with E-state index in [1.54, 1.807) is 4.90 Å². The molecular weight excluding hydrogens is 384 g/mol. The summed E-state index contributed by atoms with van der Waals surface area (Å²) < 4.78 is 11.3. The Morgan fingerprint density at radius 1 is 1.10 bits per heavy atom. The molecule has 0 aliphatic carbocycles. The summed E-state index contributed by atoms with van der Waals surface area (Å²) in [5, 5.41) is 0.882. The largest absolute Gasteiger partial charge is 0.486 e. The highest BCUT2D eigenvalue weighted by Crippen LogP contribution is 2.35. The van der Waals surface area contributed by atoms with Crippen molar-refractivity contribution in [2.45, 2.75) is 13.8 Å². The van der Waals surface area contributed by atoms with E-state index in [1.165, 1.54) is 11.3 Å². The molecule has 148 valence electrons. The Labute approximate surface area is 174 Å². The van der Waals surface area contributed by atoms with Crippen molar-refractivity contribution in [1.29, 1.82) is 0 Å². The monoisotopic (exact) mass is 406 g/mol. The summed E-state index contributed by atoms with van der Waals surface area (Å²) >= 11 is 1.42. The number of rotatable bonds is 5. The van der Waals surface area contributed by atoms with Crippen LogP contribution >= 0.6 is 11.3 Å². The minimum atomic E-state index is -0.0671. The van der Waals surface area contributed by atoms with Crippen LogP contribution in [0.3, 0.4) is 0 Å². The van der Waals surface area contributed by atoms with Crippen molar-refractivity contribution in [3.8, 4) is 11.5 Å². The van der Waals surface area contributed by atoms with Gasteiger partial charge in [0.25, 0.3) is 5.91 Å². The number of anilines is 1. The number of nitrogens with zero attached hydrogens (tertiary/aromatic N) is 2. The lowest BCUT2D eigenvalue weighted by Crippen LogP contribution is -2.31. The van der Waals surface area contributed by atoms with Crippen molar-refractivity contribution in [3.63, 3.8) is 0 Å². The van der Waals surface area contributed by atoms with Crippen LogP contribution in [0.1, 0.15) is 25.9 Å². The molecule has 0 N–H and O–H groups in total. The van der Waals surface area contributed by atoms with Gasteiger partial charge in [0.2, 0.25) is 0 Å². The number of thiazole rings is 1. The Hall–Kier alpha value is -3.12. The minimum absolute atomic E-state index is 0.0671. The summed E-state index contributed by atoms with van der Waals surface area (Å²) in [5.41, 5.74) is 2.61. The first kappa shape index (κ1) is 19.2. The molecular formula is C23H22N2O3S. The average Bonchev–Trinajstić information content (AvgIpc) is 3.09. The molecule has 2 aromatic carbocycles. The van der Waals surface area contributed by atoms with Crippen molar-refractivity contribution >= 4 is 29.0 Å². The Morgan fingerprint density at radius 3 is 2.59 bits per heavy atom. The van der Waals surface area contributed by atoms with Crippen LogP contribution in [-0.2, 0) is 0 Å². The van der Waals surface area contributed by atoms with Crippen molar-refractivity contribution < 1.29 is 14.3 Å². The van der Waals surface area contributed by atoms with Gasteiger partial charge in [-0.05, 0) is 31.5 Å². The summed E-state index contributed by atoms with van der Waals surface area (Å²) in [6.07, 6.45) is 4.01. The highest BCUT2D eigenvalue weighted by molar-refractivity contribution is 7.13. The number of amides is 1. The van der Waals surface area contributed by atoms with E-state index in [1.807, 2.05) is 74.5 Å². The molecule has 6 heteroatoms. The van der Waals surface area contributed by atoms with Crippen LogP contribution in [0.5, 0.6) is 11.5 Å². The van der Waals surface area contributed by atoms with Crippen LogP contribution in [0.25, 0.3) is 6.08 Å². The van der Waals surface area contributed by atoms with Crippen molar-refractivity contribution in [2.24, 2.45) is 0 Å². The second-order valence-corrected chi connectivity index (χ2v) is 7.91. The molecule has 4 rings (SSSR count). The Bertz CT molecular complexity index is 1040. The first-order valence-electron chi connectivity index (χ1n) is 9.49. The molecule has 0 bridgehead atoms. The van der Waals surface area contributed by atoms with Gasteiger partial charge in [-0.25, -0.2) is 4.98 Å². The molecule has 0 saturated carbocycles. The molecule has 0 atom stereocenters. The SMILES string of the molecule is Cc1nc(C)c(C(=O)N(CC=Cc2ccccc2)c2ccc3c(c2)OCCO3)s1. The van der Waals surface area contributed by atoms with Crippen LogP contribution in [0, 0.1) is 13.8 Å². The fourth-order valence-electron chi connectivity index (χ4n) is 3.22. The van der Waals surface area contributed by atoms with Gasteiger partial charge < -0.3 is 14.4 Å². The van der Waals surface area contributed by atoms with Gasteiger partial charge in [0.15, 0.2) is 11.5 Å². The van der Waals surface area contributed by atoms with Gasteiger partial charge in [-0.1, -0.05) is 42.5 Å². The standard InChI is InChI=1S/C23H22N2O3S/c1-16-22(29-17(2)24-16)23(26)25(12-6-9-18-7-4-3-5-8-18)19-10-11-20-21(15-19)28-14-13-27-20/h3-11,15H,12-14H2,1-2H3. The van der Waals surface area contributed by atoms with E-state index >= 15 is 0 Å². The molecule has 0 saturated heterocycles. The molecule has 0 spiro atoms. The molecule has 0 radical (unpaired) electrons. The fourth-order valence-corrected chi connectivity index (χ4v) is 4.09. The third-order valence-corrected chi connectivity index (χ3v) is 5.64. The zero-order valence-corrected chi connectivity index (χ0v) is 17.2. The number of carbonyl (C=O) groups is 1. The molecule has 29 heavy (non-hydrogen) atoms. The summed E-state index contributed by atoms with van der Waals surface area (Å²) in [4.78, 5) is 20.2. The first-order valence-corrected chi connectivity index (χ1v) is 10.3. The zero-order valence-electron chi connectivity index (χ0n) is 16.4. The molecule has 5 nitrogen and oxygen atoms in total. The molecule has 1 aliphatic rings. The van der Waals surface area contributed by atoms with E-state index in [0.717, 1.165) is 22.0 Å². The predicted octanol–water partition coefficient (Wildman–Crippen LogP) is 4.89. The van der Waals surface area contributed by atoms with Gasteiger partial charge in [0, 0.05) is 18.3 Å². The lowest BCUT2D eigenvalue weighted by atomic mass is 10.2. The Morgan fingerprint density at radius 2 is 1.86 bits per heavy atom. The minimum Gasteiger partial charge on any atom is -0.486 e. The average molecular weight is 407 g/mol. The van der Waals surface area contributed by atoms with Crippen molar-refractivity contribution in [3.05, 3.63) is 75.7 Å². The summed E-state index contributed by atoms with van der Waals surface area (Å²) in [7, 11) is 0. The maximum absolute atomic E-state index is 13.4. The quantitative estimate of drug-likeness (QED) is 0.605. The Balaban J connectivity index is 1.66. The highest BCUT2D eigenvalue weighted by Gasteiger charge is 2.23. The van der Waals surface area contributed by atoms with Gasteiger partial charge >= 0.3 is 0 Å². The first-order chi connectivity index (χ1) is 14.1. The third kappa shape index (κ3) is 4.32. The lowest BCUT2D eigenvalue weighted by Gasteiger charge is -2.24. The third-order valence-electron chi connectivity index (χ3n) is 4.58. The number of fused-ring (bicyclic) bond motifs is 1. The number of benzene rings is 2. The number of hydrogen-bond donors (Lipinski definition) is 0. The van der Waals surface area contributed by atoms with Crippen LogP contribution in [-0.4, -0.2) is 30.6 Å². The fraction of sp³-hybridized carbons (Fsp3) is 0.217. The van der Waals surface area contributed by atoms with Crippen LogP contribution < -0.4 is 14.4 Å². The molecule has 3 aromatic rings. The van der Waals surface area contributed by atoms with Crippen LogP contribution in [0.2, 0.25) is 0 Å². The van der Waals surface area contributed by atoms with Crippen molar-refractivity contribution in [1.82, 2.24) is 4.98 Å². The number of ether oxygens (including phenoxy) is 2. The van der Waals surface area contributed by atoms with Gasteiger partial charge in [-0.2, -0.15) is 0 Å². The molecule has 1 aliphatic heterocycles. The normalized spacial score (nSPS) is 12.9. The van der Waals surface area contributed by atoms with Gasteiger partial charge in [0.1, 0.15) is 18.1 Å². The van der Waals surface area contributed by atoms with Gasteiger partial charge in [0.05, 0.1) is 10.7 Å². The second kappa shape index (κ2) is 8.49. The lowest BCUT2D eigenvalue weighted by molar-refractivity contribution is 0.0992. The molecule has 2 heterocycles. The summed E-state index contributed by atoms with van der Waals surface area (Å²) in [6.45, 7) is 5.26. The molecule has 0 fully saturated rings. The smallest absolute Gasteiger partial charge is 0.270 e. The van der Waals surface area contributed by atoms with E-state index in [0.29, 0.717) is 36.1 Å². The number of aryl methyl sites for hydroxylation is 2. The van der Waals surface area contributed by atoms with Crippen molar-refractivity contribution in [2.75, 3.05) is 24.7 Å². The maximum atomic E-state index is 13.4. The summed E-state index contributed by atoms with van der Waals surface area (Å²) in [5.74, 6) is 1.30. The van der Waals surface area contributed by atoms with Crippen LogP contribution in [0.15, 0.2) is 54.6 Å². The predicted molar refractivity (Wildman–Crippen MR) is 116 cm³/mol.